The molecule has 2 aromatic rings. The molecule has 1 aromatic heterocycles. The number of hydrogen-bond acceptors (Lipinski definition) is 5. The number of carbonyl (C=O) groups excluding carboxylic acids is 3. The molecule has 31 heavy (non-hydrogen) atoms. The highest BCUT2D eigenvalue weighted by atomic mass is 32.2. The molecule has 0 spiro atoms. The van der Waals surface area contributed by atoms with Crippen LogP contribution in [0.3, 0.4) is 0 Å². The van der Waals surface area contributed by atoms with Gasteiger partial charge in [0.25, 0.3) is 0 Å². The number of aromatic nitrogens is 1. The van der Waals surface area contributed by atoms with Crippen molar-refractivity contribution in [1.29, 1.82) is 0 Å². The molecule has 6 nitrogen and oxygen atoms in total. The molecule has 2 aliphatic rings. The fourth-order valence-electron chi connectivity index (χ4n) is 4.17. The van der Waals surface area contributed by atoms with Crippen molar-refractivity contribution in [3.8, 4) is 0 Å². The number of nitrogens with zero attached hydrogens (tertiary/aromatic N) is 2. The Bertz CT molecular complexity index is 966. The molecule has 1 saturated carbocycles. The van der Waals surface area contributed by atoms with Crippen LogP contribution in [0.1, 0.15) is 43.8 Å². The van der Waals surface area contributed by atoms with Gasteiger partial charge in [-0.2, -0.15) is 0 Å². The number of thioether (sulfide) groups is 1. The lowest BCUT2D eigenvalue weighted by atomic mass is 10.0. The highest BCUT2D eigenvalue weighted by Crippen LogP contribution is 2.35. The summed E-state index contributed by atoms with van der Waals surface area (Å²) >= 11 is 1.10. The Hall–Kier alpha value is -2.74. The molecule has 0 radical (unpaired) electrons. The quantitative estimate of drug-likeness (QED) is 0.741. The monoisotopic (exact) mass is 441 g/mol. The van der Waals surface area contributed by atoms with Crippen molar-refractivity contribution in [2.75, 3.05) is 10.7 Å². The summed E-state index contributed by atoms with van der Waals surface area (Å²) in [4.78, 5) is 44.4. The second kappa shape index (κ2) is 9.60. The SMILES string of the molecule is O=C1CC(C(=O)N(c2ccccc2F)C(C(=O)NC2CCCC2)c2ccccn2)CS1. The minimum absolute atomic E-state index is 0.00840. The second-order valence-electron chi connectivity index (χ2n) is 7.89. The zero-order chi connectivity index (χ0) is 21.8. The predicted octanol–water partition coefficient (Wildman–Crippen LogP) is 3.63. The van der Waals surface area contributed by atoms with Gasteiger partial charge in [0.15, 0.2) is 11.2 Å². The molecule has 2 heterocycles. The Balaban J connectivity index is 1.77. The molecule has 1 aliphatic carbocycles. The normalized spacial score (nSPS) is 19.9. The number of halogens is 1. The van der Waals surface area contributed by atoms with E-state index in [1.807, 2.05) is 0 Å². The van der Waals surface area contributed by atoms with E-state index in [4.69, 9.17) is 0 Å². The van der Waals surface area contributed by atoms with Gasteiger partial charge < -0.3 is 5.32 Å². The van der Waals surface area contributed by atoms with Gasteiger partial charge in [0, 0.05) is 24.4 Å². The molecule has 1 N–H and O–H groups in total. The molecule has 2 fully saturated rings. The minimum atomic E-state index is -1.13. The van der Waals surface area contributed by atoms with Gasteiger partial charge in [-0.3, -0.25) is 24.3 Å². The zero-order valence-corrected chi connectivity index (χ0v) is 17.8. The number of pyridine rings is 1. The van der Waals surface area contributed by atoms with Crippen molar-refractivity contribution < 1.29 is 18.8 Å². The van der Waals surface area contributed by atoms with E-state index in [1.54, 1.807) is 30.5 Å². The van der Waals surface area contributed by atoms with E-state index in [9.17, 15) is 18.8 Å². The first-order valence-electron chi connectivity index (χ1n) is 10.5. The maximum Gasteiger partial charge on any atom is 0.249 e. The fraction of sp³-hybridized carbons (Fsp3) is 0.391. The topological polar surface area (TPSA) is 79.4 Å². The van der Waals surface area contributed by atoms with E-state index in [2.05, 4.69) is 10.3 Å². The highest BCUT2D eigenvalue weighted by Gasteiger charge is 2.41. The second-order valence-corrected chi connectivity index (χ2v) is 8.97. The third-order valence-corrected chi connectivity index (χ3v) is 6.79. The predicted molar refractivity (Wildman–Crippen MR) is 117 cm³/mol. The summed E-state index contributed by atoms with van der Waals surface area (Å²) < 4.78 is 14.9. The highest BCUT2D eigenvalue weighted by molar-refractivity contribution is 8.14. The van der Waals surface area contributed by atoms with Crippen LogP contribution in [0.5, 0.6) is 0 Å². The Kier molecular flexibility index (Phi) is 6.65. The molecule has 2 atom stereocenters. The average molecular weight is 442 g/mol. The lowest BCUT2D eigenvalue weighted by Gasteiger charge is -2.33. The van der Waals surface area contributed by atoms with E-state index in [0.717, 1.165) is 37.4 Å². The molecule has 1 saturated heterocycles. The van der Waals surface area contributed by atoms with Crippen LogP contribution in [0.25, 0.3) is 0 Å². The number of amides is 2. The molecule has 1 aromatic carbocycles. The van der Waals surface area contributed by atoms with Gasteiger partial charge in [0.1, 0.15) is 5.82 Å². The van der Waals surface area contributed by atoms with Gasteiger partial charge in [-0.05, 0) is 37.1 Å². The Morgan fingerprint density at radius 1 is 1.13 bits per heavy atom. The van der Waals surface area contributed by atoms with Crippen molar-refractivity contribution in [1.82, 2.24) is 10.3 Å². The van der Waals surface area contributed by atoms with E-state index in [0.29, 0.717) is 11.4 Å². The molecule has 0 bridgehead atoms. The summed E-state index contributed by atoms with van der Waals surface area (Å²) in [6.07, 6.45) is 5.45. The van der Waals surface area contributed by atoms with Crippen LogP contribution in [0.2, 0.25) is 0 Å². The van der Waals surface area contributed by atoms with Crippen molar-refractivity contribution in [2.24, 2.45) is 5.92 Å². The average Bonchev–Trinajstić information content (AvgIpc) is 3.44. The lowest BCUT2D eigenvalue weighted by molar-refractivity contribution is -0.129. The van der Waals surface area contributed by atoms with Gasteiger partial charge in [0.2, 0.25) is 11.8 Å². The van der Waals surface area contributed by atoms with Crippen molar-refractivity contribution in [3.05, 3.63) is 60.2 Å². The molecule has 4 rings (SSSR count). The number of nitrogens with one attached hydrogen (secondary N) is 1. The van der Waals surface area contributed by atoms with Crippen molar-refractivity contribution in [3.63, 3.8) is 0 Å². The molecule has 1 aliphatic heterocycles. The summed E-state index contributed by atoms with van der Waals surface area (Å²) in [6.45, 7) is 0. The Labute approximate surface area is 184 Å². The summed E-state index contributed by atoms with van der Waals surface area (Å²) in [5.74, 6) is -1.73. The number of carbonyl (C=O) groups is 3. The van der Waals surface area contributed by atoms with Crippen molar-refractivity contribution >= 4 is 34.4 Å². The largest absolute Gasteiger partial charge is 0.351 e. The van der Waals surface area contributed by atoms with Gasteiger partial charge in [-0.25, -0.2) is 4.39 Å². The number of anilines is 1. The maximum absolute atomic E-state index is 14.9. The Morgan fingerprint density at radius 2 is 1.87 bits per heavy atom. The summed E-state index contributed by atoms with van der Waals surface area (Å²) in [6, 6.07) is 9.90. The Morgan fingerprint density at radius 3 is 2.52 bits per heavy atom. The third kappa shape index (κ3) is 4.79. The first-order valence-corrected chi connectivity index (χ1v) is 11.5. The van der Waals surface area contributed by atoms with Crippen LogP contribution < -0.4 is 10.2 Å². The summed E-state index contributed by atoms with van der Waals surface area (Å²) in [5.41, 5.74) is 0.362. The van der Waals surface area contributed by atoms with Crippen LogP contribution in [-0.4, -0.2) is 33.7 Å². The molecule has 8 heteroatoms. The van der Waals surface area contributed by atoms with Crippen LogP contribution in [0.4, 0.5) is 10.1 Å². The first kappa shape index (κ1) is 21.5. The van der Waals surface area contributed by atoms with E-state index >= 15 is 0 Å². The maximum atomic E-state index is 14.9. The molecule has 2 amide bonds. The van der Waals surface area contributed by atoms with Gasteiger partial charge in [-0.15, -0.1) is 0 Å². The van der Waals surface area contributed by atoms with Crippen LogP contribution in [-0.2, 0) is 14.4 Å². The molecular formula is C23H24FN3O3S. The van der Waals surface area contributed by atoms with Crippen LogP contribution in [0, 0.1) is 11.7 Å². The van der Waals surface area contributed by atoms with E-state index in [-0.39, 0.29) is 29.2 Å². The van der Waals surface area contributed by atoms with Gasteiger partial charge in [-0.1, -0.05) is 42.8 Å². The van der Waals surface area contributed by atoms with E-state index < -0.39 is 23.7 Å². The number of benzene rings is 1. The van der Waals surface area contributed by atoms with Crippen molar-refractivity contribution in [2.45, 2.75) is 44.2 Å². The van der Waals surface area contributed by atoms with Crippen LogP contribution in [0.15, 0.2) is 48.7 Å². The fourth-order valence-corrected chi connectivity index (χ4v) is 5.14. The van der Waals surface area contributed by atoms with Gasteiger partial charge >= 0.3 is 0 Å². The summed E-state index contributed by atoms with van der Waals surface area (Å²) in [5, 5.41) is 2.96. The first-order chi connectivity index (χ1) is 15.0. The van der Waals surface area contributed by atoms with Crippen LogP contribution >= 0.6 is 11.8 Å². The molecule has 2 unspecified atom stereocenters. The number of para-hydroxylation sites is 1. The number of hydrogen-bond donors (Lipinski definition) is 1. The molecular weight excluding hydrogens is 417 g/mol. The summed E-state index contributed by atoms with van der Waals surface area (Å²) in [7, 11) is 0. The third-order valence-electron chi connectivity index (χ3n) is 5.73. The molecule has 162 valence electrons. The lowest BCUT2D eigenvalue weighted by Crippen LogP contribution is -2.48. The minimum Gasteiger partial charge on any atom is -0.351 e. The van der Waals surface area contributed by atoms with E-state index in [1.165, 1.54) is 23.1 Å². The number of rotatable bonds is 6. The zero-order valence-electron chi connectivity index (χ0n) is 17.0. The van der Waals surface area contributed by atoms with Gasteiger partial charge in [0.05, 0.1) is 17.3 Å². The smallest absolute Gasteiger partial charge is 0.249 e. The standard InChI is InChI=1S/C23H24FN3O3S/c24-17-9-3-4-11-19(17)27(23(30)15-13-20(28)31-14-15)21(18-10-5-6-12-25-18)22(29)26-16-7-1-2-8-16/h3-6,9-12,15-16,21H,1-2,7-8,13-14H2,(H,26,29).